The number of rotatable bonds is 5. The van der Waals surface area contributed by atoms with Gasteiger partial charge in [0.1, 0.15) is 0 Å². The van der Waals surface area contributed by atoms with Crippen LogP contribution in [0.25, 0.3) is 11.4 Å². The third-order valence-electron chi connectivity index (χ3n) is 2.65. The standard InChI is InChI=1S/C13H16BrN3O2/c1-8-3-4-10(11(14)5-8)13-16-12(19-17-13)6-9(15)7-18-2/h3-5,9H,6-7,15H2,1-2H3. The van der Waals surface area contributed by atoms with Crippen molar-refractivity contribution in [2.24, 2.45) is 5.73 Å². The molecule has 0 aliphatic rings. The van der Waals surface area contributed by atoms with E-state index < -0.39 is 0 Å². The Bertz CT molecular complexity index is 557. The van der Waals surface area contributed by atoms with Crippen LogP contribution in [-0.4, -0.2) is 29.9 Å². The van der Waals surface area contributed by atoms with Gasteiger partial charge in [0.25, 0.3) is 0 Å². The van der Waals surface area contributed by atoms with Crippen molar-refractivity contribution < 1.29 is 9.26 Å². The van der Waals surface area contributed by atoms with Gasteiger partial charge in [-0.05, 0) is 24.6 Å². The molecule has 1 aromatic carbocycles. The fraction of sp³-hybridized carbons (Fsp3) is 0.385. The molecule has 19 heavy (non-hydrogen) atoms. The molecule has 0 aliphatic carbocycles. The highest BCUT2D eigenvalue weighted by Gasteiger charge is 2.14. The molecular weight excluding hydrogens is 310 g/mol. The molecule has 1 aromatic heterocycles. The number of aryl methyl sites for hydroxylation is 1. The molecule has 1 heterocycles. The quantitative estimate of drug-likeness (QED) is 0.913. The first-order valence-electron chi connectivity index (χ1n) is 5.93. The number of aromatic nitrogens is 2. The topological polar surface area (TPSA) is 74.2 Å². The molecule has 0 fully saturated rings. The van der Waals surface area contributed by atoms with Gasteiger partial charge in [-0.25, -0.2) is 0 Å². The highest BCUT2D eigenvalue weighted by molar-refractivity contribution is 9.10. The van der Waals surface area contributed by atoms with Gasteiger partial charge in [-0.15, -0.1) is 0 Å². The van der Waals surface area contributed by atoms with Crippen molar-refractivity contribution >= 4 is 15.9 Å². The molecule has 0 spiro atoms. The van der Waals surface area contributed by atoms with Crippen molar-refractivity contribution in [2.45, 2.75) is 19.4 Å². The van der Waals surface area contributed by atoms with Crippen molar-refractivity contribution in [1.29, 1.82) is 0 Å². The molecule has 0 saturated heterocycles. The lowest BCUT2D eigenvalue weighted by atomic mass is 10.1. The lowest BCUT2D eigenvalue weighted by Gasteiger charge is -2.05. The fourth-order valence-electron chi connectivity index (χ4n) is 1.75. The average molecular weight is 326 g/mol. The molecule has 1 unspecified atom stereocenters. The Morgan fingerprint density at radius 1 is 1.47 bits per heavy atom. The Morgan fingerprint density at radius 3 is 2.95 bits per heavy atom. The molecule has 2 N–H and O–H groups in total. The second-order valence-corrected chi connectivity index (χ2v) is 5.27. The minimum atomic E-state index is -0.139. The van der Waals surface area contributed by atoms with Crippen LogP contribution in [0.3, 0.4) is 0 Å². The van der Waals surface area contributed by atoms with Crippen molar-refractivity contribution in [2.75, 3.05) is 13.7 Å². The van der Waals surface area contributed by atoms with Gasteiger partial charge in [-0.1, -0.05) is 27.2 Å². The van der Waals surface area contributed by atoms with E-state index in [2.05, 4.69) is 26.1 Å². The van der Waals surface area contributed by atoms with Gasteiger partial charge in [0, 0.05) is 29.6 Å². The molecule has 2 rings (SSSR count). The Hall–Kier alpha value is -1.24. The summed E-state index contributed by atoms with van der Waals surface area (Å²) in [7, 11) is 1.61. The summed E-state index contributed by atoms with van der Waals surface area (Å²) >= 11 is 3.50. The predicted molar refractivity (Wildman–Crippen MR) is 75.7 cm³/mol. The van der Waals surface area contributed by atoms with Crippen LogP contribution in [0, 0.1) is 6.92 Å². The van der Waals surface area contributed by atoms with Crippen LogP contribution >= 0.6 is 15.9 Å². The van der Waals surface area contributed by atoms with Crippen LogP contribution in [0.1, 0.15) is 11.5 Å². The third kappa shape index (κ3) is 3.62. The first-order chi connectivity index (χ1) is 9.10. The van der Waals surface area contributed by atoms with E-state index in [1.165, 1.54) is 5.56 Å². The van der Waals surface area contributed by atoms with Gasteiger partial charge in [0.15, 0.2) is 0 Å². The van der Waals surface area contributed by atoms with Crippen molar-refractivity contribution in [1.82, 2.24) is 10.1 Å². The fourth-order valence-corrected chi connectivity index (χ4v) is 2.42. The predicted octanol–water partition coefficient (Wildman–Crippen LogP) is 2.32. The van der Waals surface area contributed by atoms with Gasteiger partial charge in [-0.2, -0.15) is 4.98 Å². The monoisotopic (exact) mass is 325 g/mol. The van der Waals surface area contributed by atoms with Crippen molar-refractivity contribution in [3.05, 3.63) is 34.1 Å². The Balaban J connectivity index is 2.16. The summed E-state index contributed by atoms with van der Waals surface area (Å²) in [5.41, 5.74) is 7.92. The maximum Gasteiger partial charge on any atom is 0.228 e. The zero-order chi connectivity index (χ0) is 13.8. The molecule has 102 valence electrons. The number of hydrogen-bond acceptors (Lipinski definition) is 5. The highest BCUT2D eigenvalue weighted by atomic mass is 79.9. The molecule has 0 bridgehead atoms. The smallest absolute Gasteiger partial charge is 0.228 e. The first kappa shape index (κ1) is 14.2. The minimum Gasteiger partial charge on any atom is -0.383 e. The summed E-state index contributed by atoms with van der Waals surface area (Å²) < 4.78 is 11.1. The molecule has 0 amide bonds. The number of nitrogens with zero attached hydrogens (tertiary/aromatic N) is 2. The summed E-state index contributed by atoms with van der Waals surface area (Å²) in [4.78, 5) is 4.35. The largest absolute Gasteiger partial charge is 0.383 e. The zero-order valence-electron chi connectivity index (χ0n) is 10.9. The molecule has 5 nitrogen and oxygen atoms in total. The SMILES string of the molecule is COCC(N)Cc1nc(-c2ccc(C)cc2Br)no1. The first-order valence-corrected chi connectivity index (χ1v) is 6.73. The summed E-state index contributed by atoms with van der Waals surface area (Å²) in [5.74, 6) is 1.08. The van der Waals surface area contributed by atoms with E-state index in [0.29, 0.717) is 24.7 Å². The van der Waals surface area contributed by atoms with Gasteiger partial charge in [-0.3, -0.25) is 0 Å². The van der Waals surface area contributed by atoms with E-state index in [1.54, 1.807) is 7.11 Å². The minimum absolute atomic E-state index is 0.139. The molecular formula is C13H16BrN3O2. The molecule has 6 heteroatoms. The second-order valence-electron chi connectivity index (χ2n) is 4.41. The Kier molecular flexibility index (Phi) is 4.68. The van der Waals surface area contributed by atoms with E-state index in [-0.39, 0.29) is 6.04 Å². The third-order valence-corrected chi connectivity index (χ3v) is 3.31. The normalized spacial score (nSPS) is 12.6. The van der Waals surface area contributed by atoms with Crippen LogP contribution in [0.5, 0.6) is 0 Å². The van der Waals surface area contributed by atoms with E-state index >= 15 is 0 Å². The lowest BCUT2D eigenvalue weighted by Crippen LogP contribution is -2.28. The number of hydrogen-bond donors (Lipinski definition) is 1. The highest BCUT2D eigenvalue weighted by Crippen LogP contribution is 2.26. The van der Waals surface area contributed by atoms with Crippen molar-refractivity contribution in [3.8, 4) is 11.4 Å². The molecule has 0 radical (unpaired) electrons. The van der Waals surface area contributed by atoms with Crippen LogP contribution in [-0.2, 0) is 11.2 Å². The molecule has 0 saturated carbocycles. The number of halogens is 1. The molecule has 0 aliphatic heterocycles. The Morgan fingerprint density at radius 2 is 2.26 bits per heavy atom. The lowest BCUT2D eigenvalue weighted by molar-refractivity contribution is 0.176. The van der Waals surface area contributed by atoms with E-state index in [9.17, 15) is 0 Å². The van der Waals surface area contributed by atoms with E-state index in [0.717, 1.165) is 10.0 Å². The van der Waals surface area contributed by atoms with Crippen LogP contribution in [0.4, 0.5) is 0 Å². The van der Waals surface area contributed by atoms with E-state index in [4.69, 9.17) is 15.0 Å². The zero-order valence-corrected chi connectivity index (χ0v) is 12.5. The maximum absolute atomic E-state index is 5.85. The average Bonchev–Trinajstić information content (AvgIpc) is 2.77. The second kappa shape index (κ2) is 6.27. The maximum atomic E-state index is 5.85. The number of benzene rings is 1. The van der Waals surface area contributed by atoms with Gasteiger partial charge in [0.05, 0.1) is 6.61 Å². The number of ether oxygens (including phenoxy) is 1. The van der Waals surface area contributed by atoms with Gasteiger partial charge in [0.2, 0.25) is 11.7 Å². The van der Waals surface area contributed by atoms with Crippen molar-refractivity contribution in [3.63, 3.8) is 0 Å². The van der Waals surface area contributed by atoms with Crippen LogP contribution in [0.2, 0.25) is 0 Å². The summed E-state index contributed by atoms with van der Waals surface area (Å²) in [5, 5.41) is 3.98. The van der Waals surface area contributed by atoms with E-state index in [1.807, 2.05) is 25.1 Å². The summed E-state index contributed by atoms with van der Waals surface area (Å²) in [6, 6.07) is 5.84. The number of nitrogens with two attached hydrogens (primary N) is 1. The number of methoxy groups -OCH3 is 1. The van der Waals surface area contributed by atoms with Crippen LogP contribution in [0.15, 0.2) is 27.2 Å². The molecule has 2 aromatic rings. The van der Waals surface area contributed by atoms with Crippen LogP contribution < -0.4 is 5.73 Å². The Labute approximate surface area is 120 Å². The summed E-state index contributed by atoms with van der Waals surface area (Å²) in [6.45, 7) is 2.49. The van der Waals surface area contributed by atoms with Gasteiger partial charge >= 0.3 is 0 Å². The molecule has 1 atom stereocenters. The summed E-state index contributed by atoms with van der Waals surface area (Å²) in [6.07, 6.45) is 0.504. The van der Waals surface area contributed by atoms with Gasteiger partial charge < -0.3 is 15.0 Å².